The van der Waals surface area contributed by atoms with E-state index in [9.17, 15) is 9.90 Å². The third-order valence-electron chi connectivity index (χ3n) is 10.9. The van der Waals surface area contributed by atoms with Crippen LogP contribution in [0.3, 0.4) is 0 Å². The minimum absolute atomic E-state index is 0.204. The first kappa shape index (κ1) is 36.1. The number of aliphatic hydroxyl groups excluding tert-OH is 1. The number of carbonyl (C=O) groups excluding carboxylic acids is 3. The lowest BCUT2D eigenvalue weighted by Gasteiger charge is -2.40. The van der Waals surface area contributed by atoms with Gasteiger partial charge in [0.05, 0.1) is 36.7 Å². The van der Waals surface area contributed by atoms with Gasteiger partial charge < -0.3 is 29.3 Å². The summed E-state index contributed by atoms with van der Waals surface area (Å²) in [6, 6.07) is 21.0. The highest BCUT2D eigenvalue weighted by Crippen LogP contribution is 2.64. The van der Waals surface area contributed by atoms with E-state index in [2.05, 4.69) is 13.2 Å². The number of aryl methyl sites for hydroxylation is 2. The number of hydrogen-bond acceptors (Lipinski definition) is 6. The molecule has 2 bridgehead atoms. The molecular weight excluding hydrogens is 642 g/mol. The number of amides is 3. The normalized spacial score (nSPS) is 25.3. The van der Waals surface area contributed by atoms with E-state index in [-0.39, 0.29) is 37.4 Å². The predicted molar refractivity (Wildman–Crippen MR) is 199 cm³/mol. The Kier molecular flexibility index (Phi) is 10.2. The van der Waals surface area contributed by atoms with Gasteiger partial charge in [-0.3, -0.25) is 14.4 Å². The van der Waals surface area contributed by atoms with E-state index >= 15 is 9.59 Å². The van der Waals surface area contributed by atoms with E-state index in [1.807, 2.05) is 100 Å². The number of hydrogen-bond donors (Lipinski definition) is 1. The molecule has 3 aliphatic heterocycles. The molecule has 0 saturated carbocycles. The van der Waals surface area contributed by atoms with Crippen LogP contribution in [0.2, 0.25) is 0 Å². The fourth-order valence-corrected chi connectivity index (χ4v) is 8.65. The number of fused-ring (bicyclic) bond motifs is 1. The van der Waals surface area contributed by atoms with Crippen LogP contribution in [0.5, 0.6) is 5.75 Å². The second-order valence-corrected chi connectivity index (χ2v) is 14.2. The topological polar surface area (TPSA) is 99.6 Å². The molecule has 1 N–H and O–H groups in total. The first-order valence-corrected chi connectivity index (χ1v) is 17.8. The van der Waals surface area contributed by atoms with Crippen LogP contribution in [0.4, 0.5) is 11.4 Å². The van der Waals surface area contributed by atoms with Crippen molar-refractivity contribution in [2.24, 2.45) is 11.8 Å². The van der Waals surface area contributed by atoms with E-state index in [1.165, 1.54) is 0 Å². The molecule has 3 aromatic carbocycles. The maximum Gasteiger partial charge on any atom is 0.253 e. The maximum atomic E-state index is 15.3. The molecule has 0 aromatic heterocycles. The zero-order valence-electron chi connectivity index (χ0n) is 30.1. The molecule has 9 heteroatoms. The van der Waals surface area contributed by atoms with Gasteiger partial charge in [-0.15, -0.1) is 13.2 Å². The lowest BCUT2D eigenvalue weighted by atomic mass is 9.66. The highest BCUT2D eigenvalue weighted by atomic mass is 16.5. The van der Waals surface area contributed by atoms with Crippen molar-refractivity contribution in [2.45, 2.75) is 70.2 Å². The highest BCUT2D eigenvalue weighted by molar-refractivity contribution is 6.07. The van der Waals surface area contributed by atoms with Gasteiger partial charge in [-0.05, 0) is 94.0 Å². The maximum absolute atomic E-state index is 15.3. The van der Waals surface area contributed by atoms with Crippen LogP contribution in [0.25, 0.3) is 0 Å². The summed E-state index contributed by atoms with van der Waals surface area (Å²) < 4.78 is 12.6. The number of nitrogens with zero attached hydrogens (tertiary/aromatic N) is 3. The van der Waals surface area contributed by atoms with Crippen molar-refractivity contribution in [1.29, 1.82) is 0 Å². The van der Waals surface area contributed by atoms with E-state index in [4.69, 9.17) is 9.47 Å². The molecule has 2 unspecified atom stereocenters. The molecule has 3 amide bonds. The van der Waals surface area contributed by atoms with Crippen LogP contribution < -0.4 is 14.5 Å². The summed E-state index contributed by atoms with van der Waals surface area (Å²) in [5, 5.41) is 11.0. The molecule has 268 valence electrons. The summed E-state index contributed by atoms with van der Waals surface area (Å²) in [5.74, 6) is -2.08. The summed E-state index contributed by atoms with van der Waals surface area (Å²) in [5.41, 5.74) is 1.87. The van der Waals surface area contributed by atoms with Gasteiger partial charge in [0, 0.05) is 24.5 Å². The number of aliphatic hydroxyl groups is 1. The minimum atomic E-state index is -1.29. The Morgan fingerprint density at radius 3 is 2.33 bits per heavy atom. The Balaban J connectivity index is 1.47. The van der Waals surface area contributed by atoms with Crippen LogP contribution in [0, 0.1) is 25.7 Å². The fraction of sp³-hybridized carbons (Fsp3) is 0.405. The van der Waals surface area contributed by atoms with Gasteiger partial charge in [-0.1, -0.05) is 54.6 Å². The average molecular weight is 692 g/mol. The van der Waals surface area contributed by atoms with Crippen LogP contribution in [0.1, 0.15) is 43.4 Å². The second-order valence-electron chi connectivity index (χ2n) is 14.2. The van der Waals surface area contributed by atoms with Crippen molar-refractivity contribution >= 4 is 29.1 Å². The number of benzene rings is 3. The summed E-state index contributed by atoms with van der Waals surface area (Å²) in [6.07, 6.45) is 4.57. The second kappa shape index (κ2) is 14.5. The Labute approximate surface area is 301 Å². The molecule has 1 spiro atoms. The van der Waals surface area contributed by atoms with Gasteiger partial charge in [0.1, 0.15) is 17.4 Å². The van der Waals surface area contributed by atoms with E-state index in [0.717, 1.165) is 22.4 Å². The molecule has 9 nitrogen and oxygen atoms in total. The number of likely N-dealkylation sites (tertiary alicyclic amines) is 1. The number of carbonyl (C=O) groups is 3. The number of anilines is 2. The Morgan fingerprint density at radius 1 is 1.00 bits per heavy atom. The zero-order valence-corrected chi connectivity index (χ0v) is 30.1. The van der Waals surface area contributed by atoms with Crippen LogP contribution >= 0.6 is 0 Å². The van der Waals surface area contributed by atoms with Gasteiger partial charge in [0.2, 0.25) is 11.8 Å². The fourth-order valence-electron chi connectivity index (χ4n) is 8.65. The minimum Gasteiger partial charge on any atom is -0.494 e. The van der Waals surface area contributed by atoms with Crippen molar-refractivity contribution in [1.82, 2.24) is 4.90 Å². The SMILES string of the molecule is C=CCN(C(=O)[C@@H]1[C@H]2C(=O)N([C@@H](CO)Cc3ccccc3)C(C(=O)N(CC=C)c3cc(C)ccc3C)C23CC[C@@]1(C)O3)c1ccc(OCC)cc1. The third-order valence-corrected chi connectivity index (χ3v) is 10.9. The summed E-state index contributed by atoms with van der Waals surface area (Å²) in [7, 11) is 0. The van der Waals surface area contributed by atoms with E-state index in [1.54, 1.807) is 26.9 Å². The third kappa shape index (κ3) is 6.27. The molecule has 6 atom stereocenters. The van der Waals surface area contributed by atoms with Crippen molar-refractivity contribution in [3.05, 3.63) is 115 Å². The predicted octanol–water partition coefficient (Wildman–Crippen LogP) is 5.81. The first-order valence-electron chi connectivity index (χ1n) is 17.8. The van der Waals surface area contributed by atoms with Crippen molar-refractivity contribution < 1.29 is 29.0 Å². The lowest BCUT2D eigenvalue weighted by Crippen LogP contribution is -2.59. The van der Waals surface area contributed by atoms with Crippen molar-refractivity contribution in [3.63, 3.8) is 0 Å². The molecule has 51 heavy (non-hydrogen) atoms. The summed E-state index contributed by atoms with van der Waals surface area (Å²) >= 11 is 0. The smallest absolute Gasteiger partial charge is 0.253 e. The number of rotatable bonds is 14. The molecule has 3 saturated heterocycles. The molecule has 3 aliphatic rings. The Hall–Kier alpha value is -4.73. The zero-order chi connectivity index (χ0) is 36.5. The van der Waals surface area contributed by atoms with Gasteiger partial charge in [0.25, 0.3) is 5.91 Å². The van der Waals surface area contributed by atoms with E-state index < -0.39 is 35.1 Å². The van der Waals surface area contributed by atoms with Crippen molar-refractivity contribution in [3.8, 4) is 5.75 Å². The van der Waals surface area contributed by atoms with Gasteiger partial charge >= 0.3 is 0 Å². The molecular formula is C42H49N3O6. The lowest BCUT2D eigenvalue weighted by molar-refractivity contribution is -0.148. The Bertz CT molecular complexity index is 1790. The largest absolute Gasteiger partial charge is 0.494 e. The molecule has 0 radical (unpaired) electrons. The summed E-state index contributed by atoms with van der Waals surface area (Å²) in [4.78, 5) is 50.2. The molecule has 0 aliphatic carbocycles. The average Bonchev–Trinajstić information content (AvgIpc) is 3.70. The van der Waals surface area contributed by atoms with Crippen LogP contribution in [0.15, 0.2) is 98.1 Å². The molecule has 3 aromatic rings. The van der Waals surface area contributed by atoms with Crippen LogP contribution in [-0.4, -0.2) is 77.3 Å². The molecule has 3 fully saturated rings. The first-order chi connectivity index (χ1) is 24.5. The van der Waals surface area contributed by atoms with E-state index in [0.29, 0.717) is 37.3 Å². The quantitative estimate of drug-likeness (QED) is 0.215. The summed E-state index contributed by atoms with van der Waals surface area (Å²) in [6.45, 7) is 16.2. The van der Waals surface area contributed by atoms with Crippen molar-refractivity contribution in [2.75, 3.05) is 36.1 Å². The Morgan fingerprint density at radius 2 is 1.69 bits per heavy atom. The standard InChI is InChI=1S/C42H49N3O6/c1-7-23-43(31-17-19-33(20-18-31)50-9-3)38(47)35-36-39(48)45(32(27-46)26-30-13-11-10-12-14-30)37(42(36)22-21-41(35,6)51-42)40(49)44(24-8-2)34-25-28(4)15-16-29(34)5/h7-8,10-20,25,32,35-37,46H,1-2,9,21-24,26-27H2,3-6H3/t32-,35+,36+,37?,41-,42?/m1/s1. The van der Waals surface area contributed by atoms with Crippen LogP contribution in [-0.2, 0) is 25.5 Å². The highest BCUT2D eigenvalue weighted by Gasteiger charge is 2.79. The monoisotopic (exact) mass is 691 g/mol. The molecule has 6 rings (SSSR count). The van der Waals surface area contributed by atoms with Gasteiger partial charge in [-0.25, -0.2) is 0 Å². The molecule has 3 heterocycles. The van der Waals surface area contributed by atoms with Gasteiger partial charge in [-0.2, -0.15) is 0 Å². The number of ether oxygens (including phenoxy) is 2. The van der Waals surface area contributed by atoms with Gasteiger partial charge in [0.15, 0.2) is 0 Å².